The van der Waals surface area contributed by atoms with Gasteiger partial charge in [0.25, 0.3) is 0 Å². The van der Waals surface area contributed by atoms with Crippen LogP contribution in [0.3, 0.4) is 0 Å². The maximum absolute atomic E-state index is 10.0. The minimum absolute atomic E-state index is 0.258. The normalized spacial score (nSPS) is 21.7. The Balaban J connectivity index is 1.61. The number of aliphatic hydroxyl groups is 1. The van der Waals surface area contributed by atoms with Crippen LogP contribution >= 0.6 is 0 Å². The van der Waals surface area contributed by atoms with Gasteiger partial charge in [-0.1, -0.05) is 25.7 Å². The minimum Gasteiger partial charge on any atom is -0.393 e. The average molecular weight is 338 g/mol. The number of hydrogen-bond acceptors (Lipinski definition) is 3. The number of aromatic amines is 2. The summed E-state index contributed by atoms with van der Waals surface area (Å²) in [5.41, 5.74) is 7.95. The number of nitrogens with one attached hydrogen (secondary N) is 2. The number of allylic oxidation sites excluding steroid dienone is 1. The number of nitrogens with zero attached hydrogens (tertiary/aromatic N) is 2. The molecule has 4 rings (SSSR count). The molecule has 2 aromatic rings. The predicted octanol–water partition coefficient (Wildman–Crippen LogP) is 3.05. The Hall–Kier alpha value is -2.27. The summed E-state index contributed by atoms with van der Waals surface area (Å²) in [6.45, 7) is 6.29. The van der Waals surface area contributed by atoms with Crippen LogP contribution in [-0.2, 0) is 19.3 Å². The van der Waals surface area contributed by atoms with Crippen molar-refractivity contribution in [2.45, 2.75) is 51.2 Å². The van der Waals surface area contributed by atoms with Gasteiger partial charge < -0.3 is 15.0 Å². The summed E-state index contributed by atoms with van der Waals surface area (Å²) in [7, 11) is 2.11. The molecule has 0 saturated heterocycles. The number of aliphatic hydroxyl groups excluding tert-OH is 1. The van der Waals surface area contributed by atoms with Crippen molar-refractivity contribution < 1.29 is 5.11 Å². The molecule has 0 saturated carbocycles. The Labute approximate surface area is 148 Å². The summed E-state index contributed by atoms with van der Waals surface area (Å²) in [5.74, 6) is 0. The minimum atomic E-state index is -0.258. The van der Waals surface area contributed by atoms with E-state index in [1.165, 1.54) is 17.0 Å². The molecule has 132 valence electrons. The smallest absolute Gasteiger partial charge is 0.112 e. The number of H-pyrrole nitrogens is 2. The molecule has 25 heavy (non-hydrogen) atoms. The van der Waals surface area contributed by atoms with Gasteiger partial charge in [0.05, 0.1) is 17.8 Å². The molecular weight excluding hydrogens is 312 g/mol. The molecule has 0 radical (unpaired) electrons. The number of rotatable bonds is 4. The first-order chi connectivity index (χ1) is 12.1. The zero-order valence-corrected chi connectivity index (χ0v) is 15.0. The SMILES string of the molecule is C=C(CC)N(C)C1C=Cc2cc(-c3n[nH]c4c3CC(O)CC4)[nH]c2C1. The molecule has 0 bridgehead atoms. The summed E-state index contributed by atoms with van der Waals surface area (Å²) in [6.07, 6.45) is 8.46. The highest BCUT2D eigenvalue weighted by atomic mass is 16.3. The summed E-state index contributed by atoms with van der Waals surface area (Å²) in [5, 5.41) is 17.7. The van der Waals surface area contributed by atoms with E-state index in [1.54, 1.807) is 0 Å². The van der Waals surface area contributed by atoms with Gasteiger partial charge in [0, 0.05) is 42.5 Å². The highest BCUT2D eigenvalue weighted by Gasteiger charge is 2.26. The van der Waals surface area contributed by atoms with E-state index in [0.29, 0.717) is 12.5 Å². The molecule has 5 heteroatoms. The average Bonchev–Trinajstić information content (AvgIpc) is 3.22. The fourth-order valence-corrected chi connectivity index (χ4v) is 3.90. The fourth-order valence-electron chi connectivity index (χ4n) is 3.90. The molecule has 2 aliphatic rings. The van der Waals surface area contributed by atoms with Gasteiger partial charge in [-0.3, -0.25) is 5.10 Å². The molecule has 0 aliphatic heterocycles. The van der Waals surface area contributed by atoms with Crippen molar-refractivity contribution >= 4 is 6.08 Å². The first-order valence-electron chi connectivity index (χ1n) is 9.12. The molecule has 2 aromatic heterocycles. The maximum atomic E-state index is 10.0. The van der Waals surface area contributed by atoms with Gasteiger partial charge in [0.15, 0.2) is 0 Å². The Morgan fingerprint density at radius 2 is 2.24 bits per heavy atom. The predicted molar refractivity (Wildman–Crippen MR) is 100 cm³/mol. The van der Waals surface area contributed by atoms with E-state index in [9.17, 15) is 5.11 Å². The van der Waals surface area contributed by atoms with Crippen LogP contribution in [0.4, 0.5) is 0 Å². The molecule has 2 atom stereocenters. The van der Waals surface area contributed by atoms with Crippen molar-refractivity contribution in [1.82, 2.24) is 20.1 Å². The largest absolute Gasteiger partial charge is 0.393 e. The van der Waals surface area contributed by atoms with Crippen LogP contribution in [0.1, 0.15) is 42.3 Å². The number of aryl methyl sites for hydroxylation is 1. The van der Waals surface area contributed by atoms with Crippen LogP contribution in [0.25, 0.3) is 17.5 Å². The van der Waals surface area contributed by atoms with Crippen LogP contribution in [0.2, 0.25) is 0 Å². The molecule has 0 spiro atoms. The highest BCUT2D eigenvalue weighted by Crippen LogP contribution is 2.32. The summed E-state index contributed by atoms with van der Waals surface area (Å²) >= 11 is 0. The van der Waals surface area contributed by atoms with Crippen molar-refractivity contribution in [3.63, 3.8) is 0 Å². The first kappa shape index (κ1) is 16.2. The molecule has 0 fully saturated rings. The summed E-state index contributed by atoms with van der Waals surface area (Å²) < 4.78 is 0. The molecule has 3 N–H and O–H groups in total. The number of fused-ring (bicyclic) bond motifs is 2. The number of aromatic nitrogens is 3. The molecule has 0 aromatic carbocycles. The number of hydrogen-bond donors (Lipinski definition) is 3. The van der Waals surface area contributed by atoms with Crippen molar-refractivity contribution in [2.24, 2.45) is 0 Å². The summed E-state index contributed by atoms with van der Waals surface area (Å²) in [4.78, 5) is 5.83. The molecule has 2 unspecified atom stereocenters. The van der Waals surface area contributed by atoms with Crippen LogP contribution < -0.4 is 0 Å². The van der Waals surface area contributed by atoms with Crippen LogP contribution in [0, 0.1) is 0 Å². The molecule has 2 aliphatic carbocycles. The summed E-state index contributed by atoms with van der Waals surface area (Å²) in [6, 6.07) is 2.51. The van der Waals surface area contributed by atoms with E-state index >= 15 is 0 Å². The van der Waals surface area contributed by atoms with Crippen molar-refractivity contribution in [2.75, 3.05) is 7.05 Å². The highest BCUT2D eigenvalue weighted by molar-refractivity contribution is 5.68. The van der Waals surface area contributed by atoms with Crippen LogP contribution in [-0.4, -0.2) is 44.4 Å². The van der Waals surface area contributed by atoms with Gasteiger partial charge >= 0.3 is 0 Å². The van der Waals surface area contributed by atoms with Crippen molar-refractivity contribution in [3.8, 4) is 11.4 Å². The van der Waals surface area contributed by atoms with Crippen LogP contribution in [0.15, 0.2) is 24.4 Å². The second-order valence-corrected chi connectivity index (χ2v) is 7.20. The van der Waals surface area contributed by atoms with Crippen LogP contribution in [0.5, 0.6) is 0 Å². The zero-order chi connectivity index (χ0) is 17.6. The third kappa shape index (κ3) is 2.82. The molecule has 0 amide bonds. The van der Waals surface area contributed by atoms with E-state index in [2.05, 4.69) is 58.9 Å². The molecular formula is C20H26N4O. The number of likely N-dealkylation sites (N-methyl/N-ethyl adjacent to an activating group) is 1. The first-order valence-corrected chi connectivity index (χ1v) is 9.12. The van der Waals surface area contributed by atoms with Gasteiger partial charge in [-0.15, -0.1) is 0 Å². The second-order valence-electron chi connectivity index (χ2n) is 7.20. The lowest BCUT2D eigenvalue weighted by Crippen LogP contribution is -2.32. The standard InChI is InChI=1S/C20H26N4O/c1-4-12(2)24(3)14-6-5-13-9-19(21-18(13)10-14)20-16-11-15(25)7-8-17(16)22-23-20/h5-6,9,14-15,21,25H,2,4,7-8,10-11H2,1,3H3,(H,22,23). The Bertz CT molecular complexity index is 829. The van der Waals surface area contributed by atoms with E-state index in [1.807, 2.05) is 0 Å². The van der Waals surface area contributed by atoms with E-state index in [0.717, 1.165) is 48.3 Å². The third-order valence-corrected chi connectivity index (χ3v) is 5.62. The maximum Gasteiger partial charge on any atom is 0.112 e. The lowest BCUT2D eigenvalue weighted by molar-refractivity contribution is 0.158. The van der Waals surface area contributed by atoms with Gasteiger partial charge in [0.1, 0.15) is 5.69 Å². The second kappa shape index (κ2) is 6.23. The van der Waals surface area contributed by atoms with E-state index < -0.39 is 0 Å². The Kier molecular flexibility index (Phi) is 4.04. The lowest BCUT2D eigenvalue weighted by Gasteiger charge is -2.30. The lowest BCUT2D eigenvalue weighted by atomic mass is 9.93. The van der Waals surface area contributed by atoms with E-state index in [4.69, 9.17) is 0 Å². The van der Waals surface area contributed by atoms with Crippen molar-refractivity contribution in [3.05, 3.63) is 46.9 Å². The monoisotopic (exact) mass is 338 g/mol. The molecule has 2 heterocycles. The van der Waals surface area contributed by atoms with Gasteiger partial charge in [0.2, 0.25) is 0 Å². The Morgan fingerprint density at radius 1 is 1.40 bits per heavy atom. The van der Waals surface area contributed by atoms with Gasteiger partial charge in [-0.25, -0.2) is 0 Å². The molecule has 5 nitrogen and oxygen atoms in total. The van der Waals surface area contributed by atoms with Gasteiger partial charge in [-0.05, 0) is 30.9 Å². The Morgan fingerprint density at radius 3 is 3.04 bits per heavy atom. The zero-order valence-electron chi connectivity index (χ0n) is 15.0. The quantitative estimate of drug-likeness (QED) is 0.803. The topological polar surface area (TPSA) is 67.9 Å². The van der Waals surface area contributed by atoms with Gasteiger partial charge in [-0.2, -0.15) is 5.10 Å². The van der Waals surface area contributed by atoms with Crippen molar-refractivity contribution in [1.29, 1.82) is 0 Å². The third-order valence-electron chi connectivity index (χ3n) is 5.62. The van der Waals surface area contributed by atoms with E-state index in [-0.39, 0.29) is 6.10 Å². The fraction of sp³-hybridized carbons (Fsp3) is 0.450.